The van der Waals surface area contributed by atoms with E-state index >= 15 is 0 Å². The van der Waals surface area contributed by atoms with Crippen LogP contribution in [-0.4, -0.2) is 55.3 Å². The fraction of sp³-hybridized carbons (Fsp3) is 0.615. The minimum atomic E-state index is -3.35. The number of sulfonamides is 1. The van der Waals surface area contributed by atoms with Crippen LogP contribution in [0, 0.1) is 5.92 Å². The first-order chi connectivity index (χ1) is 10.4. The second-order valence-corrected chi connectivity index (χ2v) is 7.45. The number of nitrogens with zero attached hydrogens (tertiary/aromatic N) is 2. The van der Waals surface area contributed by atoms with Crippen LogP contribution in [0.3, 0.4) is 0 Å². The summed E-state index contributed by atoms with van der Waals surface area (Å²) in [6, 6.07) is -0.653. The number of amides is 1. The molecule has 2 heterocycles. The SMILES string of the molecule is CS(=O)(=O)N[C@@H]1[C@@H](NC(=O)Cc2cnccn2)[C@H]2CCO[C@H]21. The molecule has 120 valence electrons. The number of fused-ring (bicyclic) bond motifs is 1. The normalized spacial score (nSPS) is 30.4. The Kier molecular flexibility index (Phi) is 4.11. The Labute approximate surface area is 128 Å². The minimum Gasteiger partial charge on any atom is -0.376 e. The van der Waals surface area contributed by atoms with Crippen LogP contribution in [0.15, 0.2) is 18.6 Å². The number of nitrogens with one attached hydrogen (secondary N) is 2. The van der Waals surface area contributed by atoms with Gasteiger partial charge < -0.3 is 10.1 Å². The van der Waals surface area contributed by atoms with Crippen LogP contribution in [0.1, 0.15) is 12.1 Å². The van der Waals surface area contributed by atoms with E-state index in [9.17, 15) is 13.2 Å². The van der Waals surface area contributed by atoms with E-state index in [1.165, 1.54) is 12.4 Å². The molecule has 0 bridgehead atoms. The van der Waals surface area contributed by atoms with Gasteiger partial charge in [-0.25, -0.2) is 13.1 Å². The van der Waals surface area contributed by atoms with Gasteiger partial charge in [-0.15, -0.1) is 0 Å². The zero-order valence-corrected chi connectivity index (χ0v) is 12.9. The molecule has 1 amide bonds. The Hall–Kier alpha value is -1.58. The van der Waals surface area contributed by atoms with Gasteiger partial charge in [-0.3, -0.25) is 14.8 Å². The molecule has 1 aliphatic heterocycles. The smallest absolute Gasteiger partial charge is 0.226 e. The van der Waals surface area contributed by atoms with Crippen LogP contribution >= 0.6 is 0 Å². The highest BCUT2D eigenvalue weighted by molar-refractivity contribution is 7.88. The van der Waals surface area contributed by atoms with Crippen molar-refractivity contribution in [3.05, 3.63) is 24.3 Å². The van der Waals surface area contributed by atoms with E-state index in [2.05, 4.69) is 20.0 Å². The molecule has 2 fully saturated rings. The number of aromatic nitrogens is 2. The number of hydrogen-bond acceptors (Lipinski definition) is 6. The van der Waals surface area contributed by atoms with Crippen LogP contribution < -0.4 is 10.0 Å². The molecule has 22 heavy (non-hydrogen) atoms. The average molecular weight is 326 g/mol. The molecule has 8 nitrogen and oxygen atoms in total. The molecule has 2 aliphatic rings. The van der Waals surface area contributed by atoms with Crippen molar-refractivity contribution in [2.75, 3.05) is 12.9 Å². The maximum atomic E-state index is 12.1. The highest BCUT2D eigenvalue weighted by atomic mass is 32.2. The Balaban J connectivity index is 1.63. The van der Waals surface area contributed by atoms with Crippen molar-refractivity contribution < 1.29 is 17.9 Å². The van der Waals surface area contributed by atoms with Gasteiger partial charge in [0.1, 0.15) is 0 Å². The maximum Gasteiger partial charge on any atom is 0.226 e. The van der Waals surface area contributed by atoms with Crippen molar-refractivity contribution in [1.82, 2.24) is 20.0 Å². The summed E-state index contributed by atoms with van der Waals surface area (Å²) in [6.07, 6.45) is 6.50. The van der Waals surface area contributed by atoms with Crippen LogP contribution in [-0.2, 0) is 26.0 Å². The molecule has 0 unspecified atom stereocenters. The summed E-state index contributed by atoms with van der Waals surface area (Å²) in [5.74, 6) is -0.0405. The van der Waals surface area contributed by atoms with Crippen molar-refractivity contribution in [3.8, 4) is 0 Å². The van der Waals surface area contributed by atoms with E-state index in [1.807, 2.05) is 0 Å². The van der Waals surface area contributed by atoms with Crippen molar-refractivity contribution in [1.29, 1.82) is 0 Å². The molecule has 1 aliphatic carbocycles. The third-order valence-electron chi connectivity index (χ3n) is 4.02. The highest BCUT2D eigenvalue weighted by Gasteiger charge is 2.55. The van der Waals surface area contributed by atoms with E-state index in [-0.39, 0.29) is 30.4 Å². The summed E-state index contributed by atoms with van der Waals surface area (Å²) in [4.78, 5) is 20.1. The predicted molar refractivity (Wildman–Crippen MR) is 77.3 cm³/mol. The van der Waals surface area contributed by atoms with E-state index in [0.29, 0.717) is 12.3 Å². The maximum absolute atomic E-state index is 12.1. The van der Waals surface area contributed by atoms with Gasteiger partial charge in [0.2, 0.25) is 15.9 Å². The van der Waals surface area contributed by atoms with Gasteiger partial charge in [0.25, 0.3) is 0 Å². The molecular formula is C13H18N4O4S. The van der Waals surface area contributed by atoms with Crippen LogP contribution in [0.5, 0.6) is 0 Å². The Bertz CT molecular complexity index is 651. The third-order valence-corrected chi connectivity index (χ3v) is 4.72. The van der Waals surface area contributed by atoms with Gasteiger partial charge in [-0.05, 0) is 6.42 Å². The standard InChI is InChI=1S/C13H18N4O4S/c1-22(19,20)17-12-11(9-2-5-21-13(9)12)16-10(18)6-8-7-14-3-4-15-8/h3-4,7,9,11-13,17H,2,5-6H2,1H3,(H,16,18)/t9-,11+,12-,13-/m1/s1. The van der Waals surface area contributed by atoms with Gasteiger partial charge in [0.15, 0.2) is 0 Å². The van der Waals surface area contributed by atoms with Crippen LogP contribution in [0.25, 0.3) is 0 Å². The molecule has 2 N–H and O–H groups in total. The zero-order chi connectivity index (χ0) is 15.7. The van der Waals surface area contributed by atoms with Crippen molar-refractivity contribution in [3.63, 3.8) is 0 Å². The van der Waals surface area contributed by atoms with Crippen LogP contribution in [0.2, 0.25) is 0 Å². The van der Waals surface area contributed by atoms with Crippen molar-refractivity contribution >= 4 is 15.9 Å². The Morgan fingerprint density at radius 1 is 1.41 bits per heavy atom. The first-order valence-electron chi connectivity index (χ1n) is 7.07. The quantitative estimate of drug-likeness (QED) is 0.706. The number of hydrogen-bond donors (Lipinski definition) is 2. The molecule has 0 radical (unpaired) electrons. The molecule has 9 heteroatoms. The van der Waals surface area contributed by atoms with Gasteiger partial charge in [-0.1, -0.05) is 0 Å². The topological polar surface area (TPSA) is 110 Å². The number of carbonyl (C=O) groups excluding carboxylic acids is 1. The largest absolute Gasteiger partial charge is 0.376 e. The highest BCUT2D eigenvalue weighted by Crippen LogP contribution is 2.39. The predicted octanol–water partition coefficient (Wildman–Crippen LogP) is -1.16. The molecule has 1 aromatic heterocycles. The lowest BCUT2D eigenvalue weighted by Crippen LogP contribution is -2.70. The molecule has 1 aromatic rings. The van der Waals surface area contributed by atoms with Gasteiger partial charge in [0, 0.05) is 31.1 Å². The number of rotatable bonds is 5. The van der Waals surface area contributed by atoms with E-state index in [1.54, 1.807) is 6.20 Å². The van der Waals surface area contributed by atoms with E-state index in [0.717, 1.165) is 12.7 Å². The molecule has 1 saturated heterocycles. The fourth-order valence-corrected chi connectivity index (χ4v) is 3.89. The molecule has 4 atom stereocenters. The van der Waals surface area contributed by atoms with Gasteiger partial charge in [0.05, 0.1) is 36.6 Å². The number of carbonyl (C=O) groups is 1. The zero-order valence-electron chi connectivity index (χ0n) is 12.1. The summed E-state index contributed by atoms with van der Waals surface area (Å²) in [6.45, 7) is 0.591. The summed E-state index contributed by atoms with van der Waals surface area (Å²) in [5.41, 5.74) is 0.575. The average Bonchev–Trinajstić information content (AvgIpc) is 2.87. The lowest BCUT2D eigenvalue weighted by atomic mass is 9.72. The first-order valence-corrected chi connectivity index (χ1v) is 8.96. The summed E-state index contributed by atoms with van der Waals surface area (Å²) < 4.78 is 31.0. The lowest BCUT2D eigenvalue weighted by Gasteiger charge is -2.47. The summed E-state index contributed by atoms with van der Waals surface area (Å²) in [5, 5.41) is 2.90. The molecule has 0 spiro atoms. The Morgan fingerprint density at radius 2 is 2.23 bits per heavy atom. The van der Waals surface area contributed by atoms with E-state index < -0.39 is 16.1 Å². The van der Waals surface area contributed by atoms with Crippen molar-refractivity contribution in [2.24, 2.45) is 5.92 Å². The van der Waals surface area contributed by atoms with Gasteiger partial charge >= 0.3 is 0 Å². The molecule has 0 aromatic carbocycles. The Morgan fingerprint density at radius 3 is 2.91 bits per heavy atom. The molecule has 1 saturated carbocycles. The van der Waals surface area contributed by atoms with E-state index in [4.69, 9.17) is 4.74 Å². The summed E-state index contributed by atoms with van der Waals surface area (Å²) >= 11 is 0. The minimum absolute atomic E-state index is 0.119. The molecular weight excluding hydrogens is 308 g/mol. The third kappa shape index (κ3) is 3.26. The van der Waals surface area contributed by atoms with Crippen LogP contribution in [0.4, 0.5) is 0 Å². The van der Waals surface area contributed by atoms with Gasteiger partial charge in [-0.2, -0.15) is 0 Å². The second kappa shape index (κ2) is 5.90. The molecule has 3 rings (SSSR count). The van der Waals surface area contributed by atoms with Crippen molar-refractivity contribution in [2.45, 2.75) is 31.0 Å². The summed E-state index contributed by atoms with van der Waals surface area (Å²) in [7, 11) is -3.35. The lowest BCUT2D eigenvalue weighted by molar-refractivity contribution is -0.124. The first kappa shape index (κ1) is 15.3. The monoisotopic (exact) mass is 326 g/mol. The second-order valence-electron chi connectivity index (χ2n) is 5.67. The number of ether oxygens (including phenoxy) is 1. The fourth-order valence-electron chi connectivity index (χ4n) is 3.11.